The molecule has 1 N–H and O–H groups in total. The summed E-state index contributed by atoms with van der Waals surface area (Å²) in [5.41, 5.74) is 0.732. The minimum Gasteiger partial charge on any atom is -0.468 e. The van der Waals surface area contributed by atoms with Gasteiger partial charge in [-0.15, -0.1) is 11.3 Å². The molecule has 0 aliphatic rings. The van der Waals surface area contributed by atoms with E-state index in [0.29, 0.717) is 12.3 Å². The summed E-state index contributed by atoms with van der Waals surface area (Å²) in [7, 11) is -1.91. The van der Waals surface area contributed by atoms with E-state index in [-0.39, 0.29) is 17.3 Å². The molecule has 1 amide bonds. The number of rotatable bonds is 8. The highest BCUT2D eigenvalue weighted by atomic mass is 79.9. The molecule has 0 fully saturated rings. The van der Waals surface area contributed by atoms with Crippen LogP contribution in [-0.4, -0.2) is 26.3 Å². The van der Waals surface area contributed by atoms with Gasteiger partial charge in [-0.3, -0.25) is 4.79 Å². The molecule has 9 heteroatoms. The predicted octanol–water partition coefficient (Wildman–Crippen LogP) is 4.25. The second kappa shape index (κ2) is 9.53. The van der Waals surface area contributed by atoms with Crippen molar-refractivity contribution in [3.63, 3.8) is 0 Å². The van der Waals surface area contributed by atoms with Crippen molar-refractivity contribution in [3.8, 4) is 0 Å². The van der Waals surface area contributed by atoms with Gasteiger partial charge in [-0.2, -0.15) is 0 Å². The molecule has 2 heterocycles. The Morgan fingerprint density at radius 1 is 1.28 bits per heavy atom. The summed E-state index contributed by atoms with van der Waals surface area (Å²) in [5.74, 6) is 0.400. The van der Waals surface area contributed by atoms with E-state index < -0.39 is 10.0 Å². The molecule has 2 aromatic heterocycles. The van der Waals surface area contributed by atoms with Gasteiger partial charge in [-0.25, -0.2) is 13.1 Å². The minimum atomic E-state index is -3.64. The van der Waals surface area contributed by atoms with Crippen LogP contribution in [0, 0.1) is 0 Å². The first-order chi connectivity index (χ1) is 13.8. The number of benzene rings is 1. The normalized spacial score (nSPS) is 11.8. The molecular formula is C20H19BrN2O4S2. The maximum atomic E-state index is 12.3. The molecule has 29 heavy (non-hydrogen) atoms. The third-order valence-corrected chi connectivity index (χ3v) is 7.12. The van der Waals surface area contributed by atoms with Crippen molar-refractivity contribution in [1.82, 2.24) is 9.62 Å². The molecule has 0 unspecified atom stereocenters. The van der Waals surface area contributed by atoms with Gasteiger partial charge in [0.15, 0.2) is 0 Å². The van der Waals surface area contributed by atoms with Crippen LogP contribution in [0.5, 0.6) is 0 Å². The molecule has 1 aromatic carbocycles. The van der Waals surface area contributed by atoms with Crippen molar-refractivity contribution >= 4 is 49.3 Å². The van der Waals surface area contributed by atoms with E-state index in [9.17, 15) is 13.2 Å². The van der Waals surface area contributed by atoms with Crippen LogP contribution in [0.3, 0.4) is 0 Å². The Morgan fingerprint density at radius 2 is 2.03 bits per heavy atom. The fourth-order valence-electron chi connectivity index (χ4n) is 2.46. The van der Waals surface area contributed by atoms with Gasteiger partial charge in [0.1, 0.15) is 5.76 Å². The first-order valence-electron chi connectivity index (χ1n) is 8.62. The lowest BCUT2D eigenvalue weighted by Crippen LogP contribution is -2.23. The SMILES string of the molecule is CN(Cc1cc(Br)cs1)C(=O)/C=C/c1ccc(S(=O)(=O)NCc2ccco2)cc1. The Bertz CT molecular complexity index is 1090. The number of hydrogen-bond acceptors (Lipinski definition) is 5. The number of carbonyl (C=O) groups excluding carboxylic acids is 1. The van der Waals surface area contributed by atoms with Crippen LogP contribution in [-0.2, 0) is 27.9 Å². The van der Waals surface area contributed by atoms with E-state index in [2.05, 4.69) is 20.7 Å². The van der Waals surface area contributed by atoms with Crippen LogP contribution in [0.4, 0.5) is 0 Å². The van der Waals surface area contributed by atoms with Crippen molar-refractivity contribution in [1.29, 1.82) is 0 Å². The molecule has 0 radical (unpaired) electrons. The molecule has 0 spiro atoms. The standard InChI is InChI=1S/C20H19BrN2O4S2/c1-23(13-18-11-16(21)14-28-18)20(24)9-6-15-4-7-19(8-5-15)29(25,26)22-12-17-3-2-10-27-17/h2-11,14,22H,12-13H2,1H3/b9-6+. The summed E-state index contributed by atoms with van der Waals surface area (Å²) >= 11 is 4.98. The van der Waals surface area contributed by atoms with Gasteiger partial charge in [0, 0.05) is 27.9 Å². The van der Waals surface area contributed by atoms with E-state index in [0.717, 1.165) is 14.9 Å². The van der Waals surface area contributed by atoms with Gasteiger partial charge < -0.3 is 9.32 Å². The van der Waals surface area contributed by atoms with Gasteiger partial charge in [0.05, 0.1) is 24.2 Å². The van der Waals surface area contributed by atoms with Crippen LogP contribution in [0.2, 0.25) is 0 Å². The first kappa shape index (κ1) is 21.5. The first-order valence-corrected chi connectivity index (χ1v) is 11.8. The van der Waals surface area contributed by atoms with Gasteiger partial charge in [0.2, 0.25) is 15.9 Å². The van der Waals surface area contributed by atoms with Crippen LogP contribution in [0.15, 0.2) is 74.0 Å². The molecule has 152 valence electrons. The van der Waals surface area contributed by atoms with E-state index in [1.165, 1.54) is 24.5 Å². The summed E-state index contributed by atoms with van der Waals surface area (Å²) in [6.07, 6.45) is 4.63. The number of hydrogen-bond donors (Lipinski definition) is 1. The molecule has 3 aromatic rings. The molecule has 0 aliphatic carbocycles. The Balaban J connectivity index is 1.58. The average Bonchev–Trinajstić information content (AvgIpc) is 3.36. The number of nitrogens with one attached hydrogen (secondary N) is 1. The third-order valence-electron chi connectivity index (χ3n) is 4.02. The summed E-state index contributed by atoms with van der Waals surface area (Å²) in [4.78, 5) is 15.1. The third kappa shape index (κ3) is 6.14. The Labute approximate surface area is 182 Å². The van der Waals surface area contributed by atoms with E-state index >= 15 is 0 Å². The van der Waals surface area contributed by atoms with E-state index in [4.69, 9.17) is 4.42 Å². The molecule has 0 aliphatic heterocycles. The Kier molecular flexibility index (Phi) is 7.07. The van der Waals surface area contributed by atoms with Crippen molar-refractivity contribution in [2.45, 2.75) is 18.0 Å². The second-order valence-electron chi connectivity index (χ2n) is 6.23. The number of thiophene rings is 1. The van der Waals surface area contributed by atoms with Gasteiger partial charge in [-0.05, 0) is 57.9 Å². The molecular weight excluding hydrogens is 476 g/mol. The monoisotopic (exact) mass is 494 g/mol. The van der Waals surface area contributed by atoms with Gasteiger partial charge in [-0.1, -0.05) is 12.1 Å². The molecule has 6 nitrogen and oxygen atoms in total. The summed E-state index contributed by atoms with van der Waals surface area (Å²) < 4.78 is 33.3. The van der Waals surface area contributed by atoms with Crippen molar-refractivity contribution in [3.05, 3.63) is 80.9 Å². The molecule has 0 bridgehead atoms. The second-order valence-corrected chi connectivity index (χ2v) is 9.91. The fourth-order valence-corrected chi connectivity index (χ4v) is 4.96. The van der Waals surface area contributed by atoms with Crippen LogP contribution < -0.4 is 4.72 Å². The maximum Gasteiger partial charge on any atom is 0.246 e. The maximum absolute atomic E-state index is 12.3. The average molecular weight is 495 g/mol. The highest BCUT2D eigenvalue weighted by Gasteiger charge is 2.14. The number of carbonyl (C=O) groups is 1. The number of amides is 1. The number of nitrogens with zero attached hydrogens (tertiary/aromatic N) is 1. The number of likely N-dealkylation sites (N-methyl/N-ethyl adjacent to an activating group) is 1. The highest BCUT2D eigenvalue weighted by Crippen LogP contribution is 2.21. The molecule has 3 rings (SSSR count). The topological polar surface area (TPSA) is 79.6 Å². The molecule has 0 saturated carbocycles. The summed E-state index contributed by atoms with van der Waals surface area (Å²) in [5, 5.41) is 1.97. The minimum absolute atomic E-state index is 0.0820. The lowest BCUT2D eigenvalue weighted by atomic mass is 10.2. The van der Waals surface area contributed by atoms with Crippen molar-refractivity contribution in [2.24, 2.45) is 0 Å². The van der Waals surface area contributed by atoms with Gasteiger partial charge >= 0.3 is 0 Å². The van der Waals surface area contributed by atoms with Crippen LogP contribution in [0.25, 0.3) is 6.08 Å². The van der Waals surface area contributed by atoms with Crippen LogP contribution in [0.1, 0.15) is 16.2 Å². The quantitative estimate of drug-likeness (QED) is 0.474. The zero-order valence-corrected chi connectivity index (χ0v) is 18.8. The zero-order valence-electron chi connectivity index (χ0n) is 15.5. The number of furan rings is 1. The summed E-state index contributed by atoms with van der Waals surface area (Å²) in [6, 6.07) is 11.7. The van der Waals surface area contributed by atoms with E-state index in [1.807, 2.05) is 11.4 Å². The number of sulfonamides is 1. The van der Waals surface area contributed by atoms with Crippen LogP contribution >= 0.6 is 27.3 Å². The Morgan fingerprint density at radius 3 is 2.66 bits per heavy atom. The van der Waals surface area contributed by atoms with Crippen molar-refractivity contribution in [2.75, 3.05) is 7.05 Å². The number of halogens is 1. The predicted molar refractivity (Wildman–Crippen MR) is 117 cm³/mol. The lowest BCUT2D eigenvalue weighted by Gasteiger charge is -2.13. The molecule has 0 saturated heterocycles. The van der Waals surface area contributed by atoms with Gasteiger partial charge in [0.25, 0.3) is 0 Å². The lowest BCUT2D eigenvalue weighted by molar-refractivity contribution is -0.125. The summed E-state index contributed by atoms with van der Waals surface area (Å²) in [6.45, 7) is 0.608. The highest BCUT2D eigenvalue weighted by molar-refractivity contribution is 9.10. The largest absolute Gasteiger partial charge is 0.468 e. The van der Waals surface area contributed by atoms with E-state index in [1.54, 1.807) is 53.6 Å². The van der Waals surface area contributed by atoms with Crippen molar-refractivity contribution < 1.29 is 17.6 Å². The fraction of sp³-hybridized carbons (Fsp3) is 0.150. The Hall–Kier alpha value is -2.20. The smallest absolute Gasteiger partial charge is 0.246 e. The molecule has 0 atom stereocenters. The zero-order chi connectivity index (χ0) is 20.9.